The molecule has 5 nitrogen and oxygen atoms in total. The normalized spacial score (nSPS) is 16.1. The van der Waals surface area contributed by atoms with Crippen molar-refractivity contribution in [2.24, 2.45) is 0 Å². The zero-order valence-electron chi connectivity index (χ0n) is 15.3. The Kier molecular flexibility index (Phi) is 4.89. The lowest BCUT2D eigenvalue weighted by molar-refractivity contribution is -0.136. The standard InChI is InChI=1S/C21H22O5/c1-12-14-11-17(24-2)19(22)20(25-3)18(14)16(10-15(12)21(23)26-4)13-8-6-5-7-9-13/h5-9,11,16,22H,10H2,1-4H3. The van der Waals surface area contributed by atoms with Crippen molar-refractivity contribution in [1.82, 2.24) is 0 Å². The number of aromatic hydroxyl groups is 1. The molecular weight excluding hydrogens is 332 g/mol. The molecule has 1 unspecified atom stereocenters. The van der Waals surface area contributed by atoms with Crippen molar-refractivity contribution in [2.45, 2.75) is 19.3 Å². The summed E-state index contributed by atoms with van der Waals surface area (Å²) in [6, 6.07) is 11.6. The van der Waals surface area contributed by atoms with E-state index in [1.165, 1.54) is 21.3 Å². The summed E-state index contributed by atoms with van der Waals surface area (Å²) in [4.78, 5) is 12.3. The molecule has 0 fully saturated rings. The number of carbonyl (C=O) groups is 1. The van der Waals surface area contributed by atoms with E-state index in [0.717, 1.165) is 22.3 Å². The molecule has 0 amide bonds. The van der Waals surface area contributed by atoms with Gasteiger partial charge in [0.1, 0.15) is 0 Å². The molecule has 136 valence electrons. The van der Waals surface area contributed by atoms with Crippen molar-refractivity contribution in [3.63, 3.8) is 0 Å². The van der Waals surface area contributed by atoms with Gasteiger partial charge >= 0.3 is 5.97 Å². The van der Waals surface area contributed by atoms with Crippen molar-refractivity contribution in [2.75, 3.05) is 21.3 Å². The van der Waals surface area contributed by atoms with Crippen LogP contribution in [0.1, 0.15) is 36.0 Å². The second-order valence-corrected chi connectivity index (χ2v) is 6.18. The Labute approximate surface area is 152 Å². The molecule has 0 aromatic heterocycles. The molecule has 1 N–H and O–H groups in total. The van der Waals surface area contributed by atoms with Gasteiger partial charge in [0.15, 0.2) is 11.5 Å². The molecule has 2 aromatic rings. The summed E-state index contributed by atoms with van der Waals surface area (Å²) in [6.07, 6.45) is 0.470. The predicted octanol–water partition coefficient (Wildman–Crippen LogP) is 3.89. The Hall–Kier alpha value is -2.95. The van der Waals surface area contributed by atoms with Gasteiger partial charge in [0.2, 0.25) is 5.75 Å². The third kappa shape index (κ3) is 2.79. The first kappa shape index (κ1) is 17.9. The Morgan fingerprint density at radius 3 is 2.38 bits per heavy atom. The van der Waals surface area contributed by atoms with E-state index >= 15 is 0 Å². The number of benzene rings is 2. The third-order valence-electron chi connectivity index (χ3n) is 4.93. The van der Waals surface area contributed by atoms with E-state index < -0.39 is 0 Å². The lowest BCUT2D eigenvalue weighted by Gasteiger charge is -2.30. The second-order valence-electron chi connectivity index (χ2n) is 6.18. The number of hydrogen-bond acceptors (Lipinski definition) is 5. The van der Waals surface area contributed by atoms with Crippen LogP contribution in [0, 0.1) is 0 Å². The van der Waals surface area contributed by atoms with Crippen LogP contribution in [0.3, 0.4) is 0 Å². The zero-order chi connectivity index (χ0) is 18.8. The van der Waals surface area contributed by atoms with Crippen molar-refractivity contribution >= 4 is 11.5 Å². The number of rotatable bonds is 4. The lowest BCUT2D eigenvalue weighted by atomic mass is 9.75. The highest BCUT2D eigenvalue weighted by molar-refractivity contribution is 5.99. The molecule has 0 heterocycles. The summed E-state index contributed by atoms with van der Waals surface area (Å²) in [6.45, 7) is 1.88. The van der Waals surface area contributed by atoms with Crippen LogP contribution < -0.4 is 9.47 Å². The quantitative estimate of drug-likeness (QED) is 0.844. The van der Waals surface area contributed by atoms with E-state index in [-0.39, 0.29) is 17.6 Å². The van der Waals surface area contributed by atoms with Crippen molar-refractivity contribution < 1.29 is 24.1 Å². The highest BCUT2D eigenvalue weighted by atomic mass is 16.5. The smallest absolute Gasteiger partial charge is 0.334 e. The number of carbonyl (C=O) groups excluding carboxylic acids is 1. The largest absolute Gasteiger partial charge is 0.502 e. The highest BCUT2D eigenvalue weighted by Gasteiger charge is 2.34. The van der Waals surface area contributed by atoms with E-state index in [1.807, 2.05) is 37.3 Å². The van der Waals surface area contributed by atoms with Gasteiger partial charge in [-0.15, -0.1) is 0 Å². The average Bonchev–Trinajstić information content (AvgIpc) is 2.68. The maximum atomic E-state index is 12.3. The predicted molar refractivity (Wildman–Crippen MR) is 98.7 cm³/mol. The molecule has 0 aliphatic heterocycles. The van der Waals surface area contributed by atoms with E-state index in [4.69, 9.17) is 14.2 Å². The van der Waals surface area contributed by atoms with E-state index in [0.29, 0.717) is 23.5 Å². The average molecular weight is 354 g/mol. The molecule has 0 radical (unpaired) electrons. The summed E-state index contributed by atoms with van der Waals surface area (Å²) in [5, 5.41) is 10.6. The summed E-state index contributed by atoms with van der Waals surface area (Å²) < 4.78 is 15.8. The van der Waals surface area contributed by atoms with Crippen LogP contribution in [-0.4, -0.2) is 32.4 Å². The number of ether oxygens (including phenoxy) is 3. The molecule has 3 rings (SSSR count). The molecule has 0 saturated carbocycles. The minimum atomic E-state index is -0.347. The topological polar surface area (TPSA) is 65.0 Å². The van der Waals surface area contributed by atoms with Gasteiger partial charge in [0, 0.05) is 17.1 Å². The molecule has 26 heavy (non-hydrogen) atoms. The number of esters is 1. The van der Waals surface area contributed by atoms with E-state index in [2.05, 4.69) is 0 Å². The summed E-state index contributed by atoms with van der Waals surface area (Å²) in [5.41, 5.74) is 4.11. The maximum absolute atomic E-state index is 12.3. The number of hydrogen-bond donors (Lipinski definition) is 1. The van der Waals surface area contributed by atoms with Crippen LogP contribution >= 0.6 is 0 Å². The Bertz CT molecular complexity index is 868. The number of methoxy groups -OCH3 is 3. The van der Waals surface area contributed by atoms with Crippen LogP contribution in [0.15, 0.2) is 42.0 Å². The lowest BCUT2D eigenvalue weighted by Crippen LogP contribution is -2.18. The highest BCUT2D eigenvalue weighted by Crippen LogP contribution is 2.52. The molecule has 1 atom stereocenters. The molecule has 1 aliphatic rings. The Morgan fingerprint density at radius 1 is 1.12 bits per heavy atom. The molecule has 2 aromatic carbocycles. The van der Waals surface area contributed by atoms with Gasteiger partial charge in [0.25, 0.3) is 0 Å². The first-order valence-electron chi connectivity index (χ1n) is 8.34. The van der Waals surface area contributed by atoms with E-state index in [9.17, 15) is 9.90 Å². The van der Waals surface area contributed by atoms with Crippen molar-refractivity contribution in [1.29, 1.82) is 0 Å². The van der Waals surface area contributed by atoms with Gasteiger partial charge in [0.05, 0.1) is 21.3 Å². The van der Waals surface area contributed by atoms with Crippen LogP contribution in [-0.2, 0) is 9.53 Å². The molecule has 0 spiro atoms. The SMILES string of the molecule is COC(=O)C1=C(C)c2cc(OC)c(O)c(OC)c2C(c2ccccc2)C1. The number of fused-ring (bicyclic) bond motifs is 1. The van der Waals surface area contributed by atoms with Crippen molar-refractivity contribution in [3.8, 4) is 17.2 Å². The van der Waals surface area contributed by atoms with Crippen molar-refractivity contribution in [3.05, 3.63) is 58.7 Å². The van der Waals surface area contributed by atoms with Crippen LogP contribution in [0.25, 0.3) is 5.57 Å². The monoisotopic (exact) mass is 354 g/mol. The summed E-state index contributed by atoms with van der Waals surface area (Å²) in [7, 11) is 4.39. The third-order valence-corrected chi connectivity index (χ3v) is 4.93. The summed E-state index contributed by atoms with van der Waals surface area (Å²) in [5.74, 6) is 0.147. The minimum Gasteiger partial charge on any atom is -0.502 e. The van der Waals surface area contributed by atoms with Crippen LogP contribution in [0.4, 0.5) is 0 Å². The van der Waals surface area contributed by atoms with Gasteiger partial charge < -0.3 is 19.3 Å². The molecule has 1 aliphatic carbocycles. The van der Waals surface area contributed by atoms with Gasteiger partial charge in [-0.25, -0.2) is 4.79 Å². The Morgan fingerprint density at radius 2 is 1.81 bits per heavy atom. The molecule has 0 bridgehead atoms. The minimum absolute atomic E-state index is 0.0380. The first-order chi connectivity index (χ1) is 12.5. The maximum Gasteiger partial charge on any atom is 0.334 e. The second kappa shape index (κ2) is 7.12. The fourth-order valence-electron chi connectivity index (χ4n) is 3.61. The fourth-order valence-corrected chi connectivity index (χ4v) is 3.61. The van der Waals surface area contributed by atoms with Gasteiger partial charge in [-0.1, -0.05) is 30.3 Å². The number of phenolic OH excluding ortho intramolecular Hbond substituents is 1. The molecular formula is C21H22O5. The molecule has 0 saturated heterocycles. The van der Waals surface area contributed by atoms with Gasteiger partial charge in [-0.05, 0) is 36.1 Å². The van der Waals surface area contributed by atoms with E-state index in [1.54, 1.807) is 6.07 Å². The molecule has 5 heteroatoms. The zero-order valence-corrected chi connectivity index (χ0v) is 15.3. The summed E-state index contributed by atoms with van der Waals surface area (Å²) >= 11 is 0. The van der Waals surface area contributed by atoms with Gasteiger partial charge in [-0.3, -0.25) is 0 Å². The van der Waals surface area contributed by atoms with Crippen LogP contribution in [0.2, 0.25) is 0 Å². The number of allylic oxidation sites excluding steroid dienone is 1. The Balaban J connectivity index is 2.34. The van der Waals surface area contributed by atoms with Crippen LogP contribution in [0.5, 0.6) is 17.2 Å². The first-order valence-corrected chi connectivity index (χ1v) is 8.34. The number of phenols is 1. The fraction of sp³-hybridized carbons (Fsp3) is 0.286. The van der Waals surface area contributed by atoms with Gasteiger partial charge in [-0.2, -0.15) is 0 Å².